The fourth-order valence-electron chi connectivity index (χ4n) is 4.40. The summed E-state index contributed by atoms with van der Waals surface area (Å²) >= 11 is 5.79. The van der Waals surface area contributed by atoms with Gasteiger partial charge in [0.2, 0.25) is 0 Å². The predicted octanol–water partition coefficient (Wildman–Crippen LogP) is 5.51. The van der Waals surface area contributed by atoms with Crippen LogP contribution < -0.4 is 15.0 Å². The lowest BCUT2D eigenvalue weighted by molar-refractivity contribution is 0.412. The third-order valence-electron chi connectivity index (χ3n) is 5.95. The molecule has 2 aromatic carbocycles. The molecule has 5 nitrogen and oxygen atoms in total. The topological polar surface area (TPSA) is 42.3 Å². The first-order chi connectivity index (χ1) is 16.1. The highest BCUT2D eigenvalue weighted by molar-refractivity contribution is 7.80. The fourth-order valence-corrected chi connectivity index (χ4v) is 4.74. The van der Waals surface area contributed by atoms with E-state index in [1.165, 1.54) is 6.07 Å². The number of ether oxygens (including phenoxy) is 1. The van der Waals surface area contributed by atoms with Crippen LogP contribution in [0, 0.1) is 12.7 Å². The zero-order valence-corrected chi connectivity index (χ0v) is 19.1. The van der Waals surface area contributed by atoms with Crippen LogP contribution in [0.1, 0.15) is 29.0 Å². The van der Waals surface area contributed by atoms with Gasteiger partial charge in [-0.1, -0.05) is 18.2 Å². The second kappa shape index (κ2) is 8.67. The second-order valence-corrected chi connectivity index (χ2v) is 8.29. The summed E-state index contributed by atoms with van der Waals surface area (Å²) in [5.41, 5.74) is 4.19. The summed E-state index contributed by atoms with van der Waals surface area (Å²) in [5, 5.41) is 4.02. The van der Waals surface area contributed by atoms with Gasteiger partial charge in [-0.2, -0.15) is 0 Å². The quantitative estimate of drug-likeness (QED) is 0.400. The third-order valence-corrected chi connectivity index (χ3v) is 6.26. The van der Waals surface area contributed by atoms with Crippen molar-refractivity contribution in [2.45, 2.75) is 19.0 Å². The van der Waals surface area contributed by atoms with Crippen molar-refractivity contribution in [3.63, 3.8) is 0 Å². The monoisotopic (exact) mass is 458 g/mol. The SMILES string of the molecule is COc1ccccc1-n1cccc1[C@H]1[C@H](c2ccccn2)NC(=S)N1c1ccc(F)c(C)c1. The lowest BCUT2D eigenvalue weighted by Gasteiger charge is -2.29. The van der Waals surface area contributed by atoms with E-state index in [0.717, 1.165) is 28.5 Å². The predicted molar refractivity (Wildman–Crippen MR) is 131 cm³/mol. The van der Waals surface area contributed by atoms with E-state index >= 15 is 0 Å². The maximum absolute atomic E-state index is 14.1. The molecule has 5 rings (SSSR count). The average molecular weight is 459 g/mol. The van der Waals surface area contributed by atoms with Crippen LogP contribution in [0.4, 0.5) is 10.1 Å². The molecular weight excluding hydrogens is 435 g/mol. The number of thiocarbonyl (C=S) groups is 1. The van der Waals surface area contributed by atoms with Crippen molar-refractivity contribution in [3.8, 4) is 11.4 Å². The maximum atomic E-state index is 14.1. The average Bonchev–Trinajstić information content (AvgIpc) is 3.45. The summed E-state index contributed by atoms with van der Waals surface area (Å²) in [4.78, 5) is 6.65. The molecule has 3 heterocycles. The van der Waals surface area contributed by atoms with Crippen LogP contribution in [0.15, 0.2) is 85.2 Å². The molecule has 0 radical (unpaired) electrons. The molecule has 2 aromatic heterocycles. The molecule has 4 aromatic rings. The molecule has 0 saturated carbocycles. The minimum Gasteiger partial charge on any atom is -0.495 e. The van der Waals surface area contributed by atoms with Gasteiger partial charge in [-0.15, -0.1) is 0 Å². The zero-order valence-electron chi connectivity index (χ0n) is 18.3. The number of nitrogens with one attached hydrogen (secondary N) is 1. The van der Waals surface area contributed by atoms with Crippen molar-refractivity contribution in [3.05, 3.63) is 108 Å². The minimum absolute atomic E-state index is 0.201. The number of halogens is 1. The van der Waals surface area contributed by atoms with E-state index in [-0.39, 0.29) is 17.9 Å². The summed E-state index contributed by atoms with van der Waals surface area (Å²) in [7, 11) is 1.67. The number of nitrogens with zero attached hydrogens (tertiary/aromatic N) is 3. The number of rotatable bonds is 5. The Balaban J connectivity index is 1.69. The summed E-state index contributed by atoms with van der Waals surface area (Å²) in [6.07, 6.45) is 3.79. The van der Waals surface area contributed by atoms with Gasteiger partial charge in [0, 0.05) is 23.8 Å². The first-order valence-corrected chi connectivity index (χ1v) is 11.1. The molecule has 1 aliphatic rings. The number of aromatic nitrogens is 2. The summed E-state index contributed by atoms with van der Waals surface area (Å²) in [5.74, 6) is 0.522. The third kappa shape index (κ3) is 3.74. The number of hydrogen-bond donors (Lipinski definition) is 1. The van der Waals surface area contributed by atoms with Gasteiger partial charge >= 0.3 is 0 Å². The maximum Gasteiger partial charge on any atom is 0.174 e. The number of para-hydroxylation sites is 2. The molecule has 2 atom stereocenters. The number of benzene rings is 2. The molecule has 1 aliphatic heterocycles. The molecule has 7 heteroatoms. The van der Waals surface area contributed by atoms with Crippen molar-refractivity contribution in [1.82, 2.24) is 14.9 Å². The lowest BCUT2D eigenvalue weighted by atomic mass is 10.0. The fraction of sp³-hybridized carbons (Fsp3) is 0.154. The van der Waals surface area contributed by atoms with Gasteiger partial charge in [0.1, 0.15) is 17.6 Å². The molecule has 0 amide bonds. The van der Waals surface area contributed by atoms with Crippen LogP contribution in [0.25, 0.3) is 5.69 Å². The van der Waals surface area contributed by atoms with E-state index in [9.17, 15) is 4.39 Å². The lowest BCUT2D eigenvalue weighted by Crippen LogP contribution is -2.30. The van der Waals surface area contributed by atoms with Crippen molar-refractivity contribution in [1.29, 1.82) is 0 Å². The van der Waals surface area contributed by atoms with Crippen molar-refractivity contribution in [2.75, 3.05) is 12.0 Å². The number of hydrogen-bond acceptors (Lipinski definition) is 3. The normalized spacial score (nSPS) is 17.8. The second-order valence-electron chi connectivity index (χ2n) is 7.90. The van der Waals surface area contributed by atoms with E-state index in [2.05, 4.69) is 20.9 Å². The van der Waals surface area contributed by atoms with Crippen LogP contribution in [0.3, 0.4) is 0 Å². The summed E-state index contributed by atoms with van der Waals surface area (Å²) < 4.78 is 21.8. The highest BCUT2D eigenvalue weighted by atomic mass is 32.1. The van der Waals surface area contributed by atoms with Gasteiger partial charge in [-0.25, -0.2) is 4.39 Å². The smallest absolute Gasteiger partial charge is 0.174 e. The van der Waals surface area contributed by atoms with E-state index in [0.29, 0.717) is 10.7 Å². The van der Waals surface area contributed by atoms with Gasteiger partial charge < -0.3 is 19.5 Å². The van der Waals surface area contributed by atoms with Crippen LogP contribution in [-0.4, -0.2) is 21.8 Å². The molecule has 1 saturated heterocycles. The first-order valence-electron chi connectivity index (χ1n) is 10.7. The summed E-state index contributed by atoms with van der Waals surface area (Å²) in [6.45, 7) is 1.76. The Bertz CT molecular complexity index is 1310. The van der Waals surface area contributed by atoms with Crippen LogP contribution in [0.5, 0.6) is 5.75 Å². The molecular formula is C26H23FN4OS. The standard InChI is InChI=1S/C26H23FN4OS/c1-17-16-18(12-13-19(17)27)31-25(24(29-26(31)33)20-8-5-6-14-28-20)22-10-7-15-30(22)21-9-3-4-11-23(21)32-2/h3-16,24-25H,1-2H3,(H,29,33)/t24-,25-/m0/s1. The number of aryl methyl sites for hydroxylation is 1. The number of methoxy groups -OCH3 is 1. The first kappa shape index (κ1) is 21.2. The van der Waals surface area contributed by atoms with Crippen molar-refractivity contribution < 1.29 is 9.13 Å². The highest BCUT2D eigenvalue weighted by Crippen LogP contribution is 2.43. The number of pyridine rings is 1. The van der Waals surface area contributed by atoms with Crippen molar-refractivity contribution in [2.24, 2.45) is 0 Å². The van der Waals surface area contributed by atoms with E-state index < -0.39 is 0 Å². The Hall–Kier alpha value is -3.71. The molecule has 1 fully saturated rings. The largest absolute Gasteiger partial charge is 0.495 e. The van der Waals surface area contributed by atoms with Gasteiger partial charge in [0.15, 0.2) is 5.11 Å². The molecule has 0 aliphatic carbocycles. The van der Waals surface area contributed by atoms with Crippen LogP contribution in [-0.2, 0) is 0 Å². The molecule has 33 heavy (non-hydrogen) atoms. The van der Waals surface area contributed by atoms with E-state index in [1.54, 1.807) is 26.3 Å². The molecule has 0 spiro atoms. The van der Waals surface area contributed by atoms with Gasteiger partial charge in [-0.3, -0.25) is 4.98 Å². The Morgan fingerprint density at radius 3 is 2.61 bits per heavy atom. The minimum atomic E-state index is -0.243. The zero-order chi connectivity index (χ0) is 22.9. The van der Waals surface area contributed by atoms with Gasteiger partial charge in [0.25, 0.3) is 0 Å². The molecule has 1 N–H and O–H groups in total. The number of anilines is 1. The van der Waals surface area contributed by atoms with Crippen molar-refractivity contribution >= 4 is 23.0 Å². The molecule has 0 bridgehead atoms. The van der Waals surface area contributed by atoms with Crippen LogP contribution in [0.2, 0.25) is 0 Å². The van der Waals surface area contributed by atoms with Gasteiger partial charge in [-0.05, 0) is 79.3 Å². The Morgan fingerprint density at radius 1 is 1.03 bits per heavy atom. The highest BCUT2D eigenvalue weighted by Gasteiger charge is 2.42. The Morgan fingerprint density at radius 2 is 1.85 bits per heavy atom. The van der Waals surface area contributed by atoms with Gasteiger partial charge in [0.05, 0.1) is 24.5 Å². The van der Waals surface area contributed by atoms with E-state index in [1.807, 2.05) is 65.7 Å². The van der Waals surface area contributed by atoms with E-state index in [4.69, 9.17) is 17.0 Å². The van der Waals surface area contributed by atoms with Crippen LogP contribution >= 0.6 is 12.2 Å². The Labute approximate surface area is 197 Å². The Kier molecular flexibility index (Phi) is 5.56. The summed E-state index contributed by atoms with van der Waals surface area (Å²) in [6, 6.07) is 22.5. The molecule has 166 valence electrons. The molecule has 0 unspecified atom stereocenters.